The second-order valence-corrected chi connectivity index (χ2v) is 7.06. The summed E-state index contributed by atoms with van der Waals surface area (Å²) < 4.78 is 0. The van der Waals surface area contributed by atoms with Crippen LogP contribution in [0.5, 0.6) is 0 Å². The second kappa shape index (κ2) is 9.18. The van der Waals surface area contributed by atoms with Gasteiger partial charge in [0.05, 0.1) is 0 Å². The quantitative estimate of drug-likeness (QED) is 0.765. The lowest BCUT2D eigenvalue weighted by Crippen LogP contribution is -2.30. The number of rotatable bonds is 7. The van der Waals surface area contributed by atoms with Crippen molar-refractivity contribution in [3.8, 4) is 0 Å². The molecule has 0 bridgehead atoms. The van der Waals surface area contributed by atoms with Crippen molar-refractivity contribution in [2.45, 2.75) is 13.0 Å². The zero-order valence-electron chi connectivity index (χ0n) is 14.7. The number of anilines is 1. The highest BCUT2D eigenvalue weighted by molar-refractivity contribution is 8.13. The fourth-order valence-corrected chi connectivity index (χ4v) is 3.47. The van der Waals surface area contributed by atoms with Crippen LogP contribution >= 0.6 is 11.8 Å². The molecule has 0 spiro atoms. The number of pyridine rings is 1. The topological polar surface area (TPSA) is 91.4 Å². The molecule has 1 fully saturated rings. The molecule has 2 N–H and O–H groups in total. The first-order valence-corrected chi connectivity index (χ1v) is 9.59. The Morgan fingerprint density at radius 3 is 2.74 bits per heavy atom. The molecule has 7 nitrogen and oxygen atoms in total. The third-order valence-corrected chi connectivity index (χ3v) is 4.96. The largest absolute Gasteiger partial charge is 0.352 e. The van der Waals surface area contributed by atoms with Crippen LogP contribution in [0.1, 0.15) is 22.3 Å². The van der Waals surface area contributed by atoms with Crippen LogP contribution in [-0.2, 0) is 11.3 Å². The number of amides is 3. The molecule has 140 valence electrons. The van der Waals surface area contributed by atoms with Gasteiger partial charge < -0.3 is 15.5 Å². The Bertz CT molecular complexity index is 829. The Kier molecular flexibility index (Phi) is 6.43. The van der Waals surface area contributed by atoms with Gasteiger partial charge in [-0.05, 0) is 29.8 Å². The van der Waals surface area contributed by atoms with Crippen molar-refractivity contribution in [1.82, 2.24) is 15.2 Å². The monoisotopic (exact) mass is 384 g/mol. The average molecular weight is 384 g/mol. The molecule has 1 aliphatic heterocycles. The summed E-state index contributed by atoms with van der Waals surface area (Å²) in [4.78, 5) is 41.3. The number of hydrogen-bond acceptors (Lipinski definition) is 5. The summed E-state index contributed by atoms with van der Waals surface area (Å²) in [5, 5.41) is 5.71. The first kappa shape index (κ1) is 18.9. The first-order chi connectivity index (χ1) is 13.1. The number of carbonyl (C=O) groups excluding carboxylic acids is 3. The van der Waals surface area contributed by atoms with Crippen molar-refractivity contribution in [3.63, 3.8) is 0 Å². The number of benzene rings is 1. The Hall–Kier alpha value is -2.87. The van der Waals surface area contributed by atoms with Crippen LogP contribution in [0.25, 0.3) is 0 Å². The molecule has 1 saturated heterocycles. The first-order valence-electron chi connectivity index (χ1n) is 8.60. The van der Waals surface area contributed by atoms with Crippen molar-refractivity contribution in [2.24, 2.45) is 0 Å². The lowest BCUT2D eigenvalue weighted by atomic mass is 10.2. The molecular formula is C19H20N4O3S. The Morgan fingerprint density at radius 2 is 2.00 bits per heavy atom. The molecule has 27 heavy (non-hydrogen) atoms. The molecule has 0 atom stereocenters. The number of carbonyl (C=O) groups is 3. The highest BCUT2D eigenvalue weighted by Crippen LogP contribution is 2.17. The molecule has 3 amide bonds. The van der Waals surface area contributed by atoms with E-state index in [9.17, 15) is 14.4 Å². The third-order valence-electron chi connectivity index (χ3n) is 4.07. The van der Waals surface area contributed by atoms with Gasteiger partial charge in [0.15, 0.2) is 0 Å². The van der Waals surface area contributed by atoms with Crippen LogP contribution in [0.15, 0.2) is 48.8 Å². The van der Waals surface area contributed by atoms with Crippen LogP contribution in [0, 0.1) is 0 Å². The molecule has 1 aromatic carbocycles. The molecule has 3 rings (SSSR count). The summed E-state index contributed by atoms with van der Waals surface area (Å²) in [6, 6.07) is 10.6. The van der Waals surface area contributed by atoms with E-state index in [1.165, 1.54) is 11.8 Å². The van der Waals surface area contributed by atoms with Gasteiger partial charge >= 0.3 is 0 Å². The van der Waals surface area contributed by atoms with Crippen LogP contribution in [0.2, 0.25) is 0 Å². The van der Waals surface area contributed by atoms with Gasteiger partial charge in [-0.15, -0.1) is 0 Å². The minimum atomic E-state index is -0.216. The van der Waals surface area contributed by atoms with Gasteiger partial charge in [0, 0.05) is 55.5 Å². The summed E-state index contributed by atoms with van der Waals surface area (Å²) in [5.41, 5.74) is 2.06. The maximum absolute atomic E-state index is 12.2. The molecule has 0 aliphatic carbocycles. The maximum atomic E-state index is 12.2. The fourth-order valence-electron chi connectivity index (χ4n) is 2.62. The molecule has 0 radical (unpaired) electrons. The van der Waals surface area contributed by atoms with E-state index in [0.29, 0.717) is 30.9 Å². The summed E-state index contributed by atoms with van der Waals surface area (Å²) >= 11 is 1.29. The van der Waals surface area contributed by atoms with Gasteiger partial charge in [0.25, 0.3) is 11.1 Å². The predicted octanol–water partition coefficient (Wildman–Crippen LogP) is 2.51. The van der Waals surface area contributed by atoms with Crippen molar-refractivity contribution in [2.75, 3.05) is 24.2 Å². The molecule has 1 aliphatic rings. The van der Waals surface area contributed by atoms with E-state index in [4.69, 9.17) is 0 Å². The molecular weight excluding hydrogens is 364 g/mol. The Labute approximate surface area is 161 Å². The third kappa shape index (κ3) is 5.55. The van der Waals surface area contributed by atoms with Crippen molar-refractivity contribution in [3.05, 3.63) is 59.9 Å². The van der Waals surface area contributed by atoms with Gasteiger partial charge in [-0.2, -0.15) is 0 Å². The van der Waals surface area contributed by atoms with Crippen LogP contribution < -0.4 is 10.6 Å². The lowest BCUT2D eigenvalue weighted by Gasteiger charge is -2.14. The number of hydrogen-bond donors (Lipinski definition) is 2. The normalized spacial score (nSPS) is 13.5. The zero-order chi connectivity index (χ0) is 19.1. The number of nitrogens with zero attached hydrogens (tertiary/aromatic N) is 2. The standard InChI is InChI=1S/C19H20N4O3S/c24-17(6-9-23-10-11-27-19(23)26)21-13-14-2-1-3-16(12-14)22-18(25)15-4-7-20-8-5-15/h1-5,7-8,12H,6,9-11,13H2,(H,21,24)(H,22,25). The maximum Gasteiger partial charge on any atom is 0.281 e. The van der Waals surface area contributed by atoms with Crippen molar-refractivity contribution < 1.29 is 14.4 Å². The Balaban J connectivity index is 1.48. The van der Waals surface area contributed by atoms with Crippen molar-refractivity contribution >= 4 is 34.5 Å². The van der Waals surface area contributed by atoms with Crippen LogP contribution in [-0.4, -0.2) is 45.8 Å². The van der Waals surface area contributed by atoms with Gasteiger partial charge in [-0.25, -0.2) is 0 Å². The second-order valence-electron chi connectivity index (χ2n) is 6.02. The smallest absolute Gasteiger partial charge is 0.281 e. The van der Waals surface area contributed by atoms with Gasteiger partial charge in [0.1, 0.15) is 0 Å². The van der Waals surface area contributed by atoms with Crippen LogP contribution in [0.4, 0.5) is 10.5 Å². The molecule has 0 unspecified atom stereocenters. The van der Waals surface area contributed by atoms with E-state index < -0.39 is 0 Å². The highest BCUT2D eigenvalue weighted by atomic mass is 32.2. The van der Waals surface area contributed by atoms with E-state index in [0.717, 1.165) is 11.3 Å². The molecule has 2 heterocycles. The summed E-state index contributed by atoms with van der Waals surface area (Å²) in [7, 11) is 0. The zero-order valence-corrected chi connectivity index (χ0v) is 15.5. The van der Waals surface area contributed by atoms with Crippen LogP contribution in [0.3, 0.4) is 0 Å². The average Bonchev–Trinajstić information content (AvgIpc) is 3.10. The summed E-state index contributed by atoms with van der Waals surface area (Å²) in [6.07, 6.45) is 3.41. The molecule has 1 aromatic heterocycles. The van der Waals surface area contributed by atoms with E-state index in [1.807, 2.05) is 18.2 Å². The minimum absolute atomic E-state index is 0.0421. The molecule has 8 heteroatoms. The lowest BCUT2D eigenvalue weighted by molar-refractivity contribution is -0.121. The SMILES string of the molecule is O=C(CCN1CCSC1=O)NCc1cccc(NC(=O)c2ccncc2)c1. The summed E-state index contributed by atoms with van der Waals surface area (Å²) in [6.45, 7) is 1.51. The predicted molar refractivity (Wildman–Crippen MR) is 105 cm³/mol. The van der Waals surface area contributed by atoms with E-state index in [1.54, 1.807) is 35.5 Å². The van der Waals surface area contributed by atoms with E-state index in [-0.39, 0.29) is 23.5 Å². The number of thioether (sulfide) groups is 1. The number of aromatic nitrogens is 1. The van der Waals surface area contributed by atoms with Gasteiger partial charge in [-0.3, -0.25) is 19.4 Å². The summed E-state index contributed by atoms with van der Waals surface area (Å²) in [5.74, 6) is 0.469. The minimum Gasteiger partial charge on any atom is -0.352 e. The fraction of sp³-hybridized carbons (Fsp3) is 0.263. The Morgan fingerprint density at radius 1 is 1.19 bits per heavy atom. The number of nitrogens with one attached hydrogen (secondary N) is 2. The van der Waals surface area contributed by atoms with E-state index >= 15 is 0 Å². The van der Waals surface area contributed by atoms with Crippen molar-refractivity contribution in [1.29, 1.82) is 0 Å². The van der Waals surface area contributed by atoms with Gasteiger partial charge in [-0.1, -0.05) is 23.9 Å². The molecule has 0 saturated carbocycles. The van der Waals surface area contributed by atoms with E-state index in [2.05, 4.69) is 15.6 Å². The highest BCUT2D eigenvalue weighted by Gasteiger charge is 2.21. The molecule has 2 aromatic rings. The van der Waals surface area contributed by atoms with Gasteiger partial charge in [0.2, 0.25) is 5.91 Å².